The zero-order valence-corrected chi connectivity index (χ0v) is 8.77. The minimum Gasteiger partial charge on any atom is -0.481 e. The first kappa shape index (κ1) is 11.8. The van der Waals surface area contributed by atoms with Gasteiger partial charge in [-0.15, -0.1) is 0 Å². The van der Waals surface area contributed by atoms with E-state index in [2.05, 4.69) is 4.74 Å². The zero-order valence-electron chi connectivity index (χ0n) is 8.77. The zero-order chi connectivity index (χ0) is 11.3. The summed E-state index contributed by atoms with van der Waals surface area (Å²) in [5.41, 5.74) is 0. The normalized spacial score (nSPS) is 25.7. The van der Waals surface area contributed by atoms with E-state index < -0.39 is 12.1 Å². The number of ether oxygens (including phenoxy) is 2. The highest BCUT2D eigenvalue weighted by Crippen LogP contribution is 2.26. The lowest BCUT2D eigenvalue weighted by Crippen LogP contribution is -2.28. The number of carboxylic acids is 1. The lowest BCUT2D eigenvalue weighted by molar-refractivity contribution is -0.143. The van der Waals surface area contributed by atoms with E-state index in [0.29, 0.717) is 32.3 Å². The predicted octanol–water partition coefficient (Wildman–Crippen LogP) is 1.80. The van der Waals surface area contributed by atoms with Gasteiger partial charge in [-0.3, -0.25) is 4.79 Å². The molecule has 0 bridgehead atoms. The highest BCUT2D eigenvalue weighted by Gasteiger charge is 2.28. The van der Waals surface area contributed by atoms with Crippen LogP contribution in [-0.4, -0.2) is 29.9 Å². The van der Waals surface area contributed by atoms with Crippen molar-refractivity contribution in [2.24, 2.45) is 5.92 Å². The standard InChI is InChI=1S/C10H16O5/c1-2-14-10(13)15-8-5-3-7(4-6-8)9(11)12/h7-8H,2-6H2,1H3,(H,11,12). The van der Waals surface area contributed by atoms with Crippen molar-refractivity contribution < 1.29 is 24.2 Å². The average molecular weight is 216 g/mol. The minimum absolute atomic E-state index is 0.181. The summed E-state index contributed by atoms with van der Waals surface area (Å²) in [7, 11) is 0. The third-order valence-electron chi connectivity index (χ3n) is 2.55. The van der Waals surface area contributed by atoms with Crippen LogP contribution in [0.4, 0.5) is 4.79 Å². The monoisotopic (exact) mass is 216 g/mol. The Morgan fingerprint density at radius 3 is 2.33 bits per heavy atom. The van der Waals surface area contributed by atoms with E-state index in [4.69, 9.17) is 9.84 Å². The number of aliphatic carboxylic acids is 1. The molecule has 1 rings (SSSR count). The molecule has 0 saturated heterocycles. The second-order valence-electron chi connectivity index (χ2n) is 3.61. The van der Waals surface area contributed by atoms with Gasteiger partial charge in [-0.05, 0) is 32.6 Å². The van der Waals surface area contributed by atoms with Crippen LogP contribution in [0.15, 0.2) is 0 Å². The van der Waals surface area contributed by atoms with E-state index >= 15 is 0 Å². The fourth-order valence-electron chi connectivity index (χ4n) is 1.72. The Morgan fingerprint density at radius 1 is 1.27 bits per heavy atom. The van der Waals surface area contributed by atoms with Gasteiger partial charge in [-0.1, -0.05) is 0 Å². The molecule has 1 aliphatic rings. The van der Waals surface area contributed by atoms with Gasteiger partial charge in [-0.25, -0.2) is 4.79 Å². The maximum absolute atomic E-state index is 11.0. The summed E-state index contributed by atoms with van der Waals surface area (Å²) in [6.45, 7) is 2.01. The van der Waals surface area contributed by atoms with Gasteiger partial charge in [0.05, 0.1) is 12.5 Å². The molecular formula is C10H16O5. The van der Waals surface area contributed by atoms with Crippen LogP contribution in [0.3, 0.4) is 0 Å². The summed E-state index contributed by atoms with van der Waals surface area (Å²) in [5.74, 6) is -1.04. The van der Waals surface area contributed by atoms with Crippen molar-refractivity contribution in [1.82, 2.24) is 0 Å². The lowest BCUT2D eigenvalue weighted by Gasteiger charge is -2.25. The molecular weight excluding hydrogens is 200 g/mol. The molecule has 1 saturated carbocycles. The molecule has 86 valence electrons. The molecule has 0 spiro atoms. The summed E-state index contributed by atoms with van der Waals surface area (Å²) >= 11 is 0. The molecule has 0 aliphatic heterocycles. The van der Waals surface area contributed by atoms with Crippen LogP contribution in [-0.2, 0) is 14.3 Å². The van der Waals surface area contributed by atoms with E-state index in [1.54, 1.807) is 6.92 Å². The number of carbonyl (C=O) groups excluding carboxylic acids is 1. The summed E-state index contributed by atoms with van der Waals surface area (Å²) in [6, 6.07) is 0. The third-order valence-corrected chi connectivity index (χ3v) is 2.55. The largest absolute Gasteiger partial charge is 0.508 e. The van der Waals surface area contributed by atoms with E-state index in [9.17, 15) is 9.59 Å². The second kappa shape index (κ2) is 5.58. The molecule has 5 nitrogen and oxygen atoms in total. The fourth-order valence-corrected chi connectivity index (χ4v) is 1.72. The Labute approximate surface area is 88.4 Å². The van der Waals surface area contributed by atoms with Gasteiger partial charge in [0, 0.05) is 0 Å². The van der Waals surface area contributed by atoms with E-state index in [0.717, 1.165) is 0 Å². The first-order chi connectivity index (χ1) is 7.13. The first-order valence-corrected chi connectivity index (χ1v) is 5.19. The molecule has 0 unspecified atom stereocenters. The van der Waals surface area contributed by atoms with Crippen molar-refractivity contribution in [3.8, 4) is 0 Å². The highest BCUT2D eigenvalue weighted by molar-refractivity contribution is 5.70. The molecule has 0 radical (unpaired) electrons. The number of hydrogen-bond acceptors (Lipinski definition) is 4. The molecule has 1 aliphatic carbocycles. The van der Waals surface area contributed by atoms with Crippen LogP contribution < -0.4 is 0 Å². The van der Waals surface area contributed by atoms with Crippen LogP contribution >= 0.6 is 0 Å². The molecule has 1 fully saturated rings. The van der Waals surface area contributed by atoms with Gasteiger partial charge in [0.15, 0.2) is 0 Å². The van der Waals surface area contributed by atoms with Crippen molar-refractivity contribution >= 4 is 12.1 Å². The Kier molecular flexibility index (Phi) is 4.39. The molecule has 0 aromatic heterocycles. The van der Waals surface area contributed by atoms with Crippen molar-refractivity contribution in [3.63, 3.8) is 0 Å². The summed E-state index contributed by atoms with van der Waals surface area (Å²) in [4.78, 5) is 21.6. The maximum atomic E-state index is 11.0. The van der Waals surface area contributed by atoms with Crippen molar-refractivity contribution in [1.29, 1.82) is 0 Å². The van der Waals surface area contributed by atoms with E-state index in [1.165, 1.54) is 0 Å². The Morgan fingerprint density at radius 2 is 1.87 bits per heavy atom. The second-order valence-corrected chi connectivity index (χ2v) is 3.61. The van der Waals surface area contributed by atoms with Crippen LogP contribution in [0.2, 0.25) is 0 Å². The Balaban J connectivity index is 2.25. The topological polar surface area (TPSA) is 72.8 Å². The summed E-state index contributed by atoms with van der Waals surface area (Å²) < 4.78 is 9.65. The number of carbonyl (C=O) groups is 2. The number of rotatable bonds is 3. The molecule has 15 heavy (non-hydrogen) atoms. The van der Waals surface area contributed by atoms with Crippen LogP contribution in [0.5, 0.6) is 0 Å². The first-order valence-electron chi connectivity index (χ1n) is 5.19. The number of hydrogen-bond donors (Lipinski definition) is 1. The van der Waals surface area contributed by atoms with Crippen molar-refractivity contribution in [2.45, 2.75) is 38.7 Å². The van der Waals surface area contributed by atoms with Gasteiger partial charge in [0.1, 0.15) is 6.10 Å². The summed E-state index contributed by atoms with van der Waals surface area (Å²) in [5, 5.41) is 8.76. The SMILES string of the molecule is CCOC(=O)OC1CCC(C(=O)O)CC1. The molecule has 5 heteroatoms. The maximum Gasteiger partial charge on any atom is 0.508 e. The van der Waals surface area contributed by atoms with Gasteiger partial charge in [0.2, 0.25) is 0 Å². The molecule has 0 heterocycles. The summed E-state index contributed by atoms with van der Waals surface area (Å²) in [6.07, 6.45) is 1.51. The Hall–Kier alpha value is -1.26. The van der Waals surface area contributed by atoms with E-state index in [-0.39, 0.29) is 12.0 Å². The molecule has 1 N–H and O–H groups in total. The lowest BCUT2D eigenvalue weighted by atomic mass is 9.87. The van der Waals surface area contributed by atoms with Crippen molar-refractivity contribution in [3.05, 3.63) is 0 Å². The van der Waals surface area contributed by atoms with Crippen LogP contribution in [0.25, 0.3) is 0 Å². The van der Waals surface area contributed by atoms with Crippen molar-refractivity contribution in [2.75, 3.05) is 6.61 Å². The molecule has 0 atom stereocenters. The molecule has 0 aromatic carbocycles. The fraction of sp³-hybridized carbons (Fsp3) is 0.800. The average Bonchev–Trinajstić information content (AvgIpc) is 2.18. The molecule has 0 aromatic rings. The molecule has 0 amide bonds. The van der Waals surface area contributed by atoms with Gasteiger partial charge in [-0.2, -0.15) is 0 Å². The predicted molar refractivity (Wildman–Crippen MR) is 51.5 cm³/mol. The quantitative estimate of drug-likeness (QED) is 0.728. The van der Waals surface area contributed by atoms with E-state index in [1.807, 2.05) is 0 Å². The third kappa shape index (κ3) is 3.77. The number of carboxylic acid groups (broad SMARTS) is 1. The highest BCUT2D eigenvalue weighted by atomic mass is 16.7. The van der Waals surface area contributed by atoms with Crippen LogP contribution in [0.1, 0.15) is 32.6 Å². The minimum atomic E-state index is -0.760. The van der Waals surface area contributed by atoms with Gasteiger partial charge in [0.25, 0.3) is 0 Å². The van der Waals surface area contributed by atoms with Gasteiger partial charge < -0.3 is 14.6 Å². The van der Waals surface area contributed by atoms with Gasteiger partial charge >= 0.3 is 12.1 Å². The Bertz CT molecular complexity index is 230. The smallest absolute Gasteiger partial charge is 0.481 e. The van der Waals surface area contributed by atoms with Crippen LogP contribution in [0, 0.1) is 5.92 Å².